The molecule has 0 aliphatic rings. The lowest BCUT2D eigenvalue weighted by molar-refractivity contribution is 0.0697. The second-order valence-electron chi connectivity index (χ2n) is 3.17. The van der Waals surface area contributed by atoms with Crippen molar-refractivity contribution in [1.29, 1.82) is 4.78 Å². The summed E-state index contributed by atoms with van der Waals surface area (Å²) in [6.07, 6.45) is 0. The van der Waals surface area contributed by atoms with E-state index in [-0.39, 0.29) is 5.56 Å². The Morgan fingerprint density at radius 3 is 2.13 bits per heavy atom. The van der Waals surface area contributed by atoms with Gasteiger partial charge >= 0.3 is 5.97 Å². The van der Waals surface area contributed by atoms with E-state index in [2.05, 4.69) is 0 Å². The van der Waals surface area contributed by atoms with Gasteiger partial charge in [0.15, 0.2) is 0 Å². The number of nitrogens with zero attached hydrogens (tertiary/aromatic N) is 1. The summed E-state index contributed by atoms with van der Waals surface area (Å²) < 4.78 is 20.7. The van der Waals surface area contributed by atoms with Crippen molar-refractivity contribution in [2.24, 2.45) is 0 Å². The molecule has 0 bridgehead atoms. The molecule has 0 spiro atoms. The van der Waals surface area contributed by atoms with Crippen LogP contribution in [0.5, 0.6) is 0 Å². The van der Waals surface area contributed by atoms with Crippen molar-refractivity contribution in [3.05, 3.63) is 29.8 Å². The molecule has 0 saturated carbocycles. The van der Waals surface area contributed by atoms with Crippen LogP contribution in [0, 0.1) is 4.78 Å². The number of hydrogen-bond donors (Lipinski definition) is 2. The Balaban J connectivity index is 3.15. The van der Waals surface area contributed by atoms with Crippen LogP contribution >= 0.6 is 0 Å². The molecule has 6 heteroatoms. The molecular formula is C9H12N2O3S. The van der Waals surface area contributed by atoms with Gasteiger partial charge < -0.3 is 5.11 Å². The molecule has 0 aromatic heterocycles. The molecule has 1 atom stereocenters. The first-order valence-electron chi connectivity index (χ1n) is 4.15. The molecule has 0 aliphatic heterocycles. The normalized spacial score (nSPS) is 14.9. The van der Waals surface area contributed by atoms with Gasteiger partial charge in [-0.05, 0) is 24.3 Å². The van der Waals surface area contributed by atoms with Crippen molar-refractivity contribution >= 4 is 15.9 Å². The van der Waals surface area contributed by atoms with Gasteiger partial charge in [0.05, 0.1) is 10.5 Å². The molecule has 0 saturated heterocycles. The van der Waals surface area contributed by atoms with E-state index in [1.165, 1.54) is 28.6 Å². The Hall–Kier alpha value is -1.40. The molecule has 5 nitrogen and oxygen atoms in total. The third kappa shape index (κ3) is 2.34. The maximum atomic E-state index is 11.8. The van der Waals surface area contributed by atoms with E-state index in [1.807, 2.05) is 0 Å². The molecule has 1 rings (SSSR count). The zero-order valence-corrected chi connectivity index (χ0v) is 9.25. The zero-order chi connectivity index (χ0) is 11.6. The summed E-state index contributed by atoms with van der Waals surface area (Å²) in [5.74, 6) is -1.04. The maximum Gasteiger partial charge on any atom is 0.335 e. The highest BCUT2D eigenvalue weighted by Gasteiger charge is 2.13. The van der Waals surface area contributed by atoms with Crippen LogP contribution in [0.2, 0.25) is 0 Å². The van der Waals surface area contributed by atoms with Gasteiger partial charge in [-0.1, -0.05) is 0 Å². The Bertz CT molecular complexity index is 463. The minimum absolute atomic E-state index is 0.118. The summed E-state index contributed by atoms with van der Waals surface area (Å²) in [7, 11) is 0.105. The topological polar surface area (TPSA) is 81.5 Å². The number of nitrogens with one attached hydrogen (secondary N) is 1. The summed E-state index contributed by atoms with van der Waals surface area (Å²) in [5, 5.41) is 8.66. The molecule has 1 aromatic carbocycles. The van der Waals surface area contributed by atoms with Crippen LogP contribution in [0.1, 0.15) is 10.4 Å². The summed E-state index contributed by atoms with van der Waals surface area (Å²) in [4.78, 5) is 10.9. The number of hydrogen-bond acceptors (Lipinski definition) is 3. The highest BCUT2D eigenvalue weighted by Crippen LogP contribution is 2.14. The fourth-order valence-electron chi connectivity index (χ4n) is 0.993. The van der Waals surface area contributed by atoms with Crippen LogP contribution in [0.4, 0.5) is 0 Å². The summed E-state index contributed by atoms with van der Waals surface area (Å²) in [6, 6.07) is 5.49. The summed E-state index contributed by atoms with van der Waals surface area (Å²) >= 11 is 0. The van der Waals surface area contributed by atoms with Gasteiger partial charge in [-0.3, -0.25) is 0 Å². The van der Waals surface area contributed by atoms with E-state index in [1.54, 1.807) is 14.1 Å². The lowest BCUT2D eigenvalue weighted by Crippen LogP contribution is -2.20. The fourth-order valence-corrected chi connectivity index (χ4v) is 1.92. The van der Waals surface area contributed by atoms with Crippen LogP contribution in [-0.4, -0.2) is 33.7 Å². The van der Waals surface area contributed by atoms with Gasteiger partial charge in [0.1, 0.15) is 9.92 Å². The van der Waals surface area contributed by atoms with Crippen LogP contribution in [-0.2, 0) is 9.92 Å². The summed E-state index contributed by atoms with van der Waals surface area (Å²) in [6.45, 7) is 0. The van der Waals surface area contributed by atoms with E-state index in [0.717, 1.165) is 0 Å². The second-order valence-corrected chi connectivity index (χ2v) is 5.42. The third-order valence-corrected chi connectivity index (χ3v) is 3.87. The number of rotatable bonds is 3. The zero-order valence-electron chi connectivity index (χ0n) is 8.43. The summed E-state index contributed by atoms with van der Waals surface area (Å²) in [5.41, 5.74) is 0.118. The molecule has 0 fully saturated rings. The van der Waals surface area contributed by atoms with Gasteiger partial charge in [-0.2, -0.15) is 0 Å². The second kappa shape index (κ2) is 4.00. The Morgan fingerprint density at radius 2 is 1.80 bits per heavy atom. The molecule has 2 N–H and O–H groups in total. The molecule has 15 heavy (non-hydrogen) atoms. The number of benzene rings is 1. The third-order valence-electron chi connectivity index (χ3n) is 1.93. The van der Waals surface area contributed by atoms with Crippen molar-refractivity contribution in [2.75, 3.05) is 14.1 Å². The van der Waals surface area contributed by atoms with Gasteiger partial charge in [0, 0.05) is 14.1 Å². The molecule has 0 heterocycles. The average Bonchev–Trinajstić information content (AvgIpc) is 2.17. The maximum absolute atomic E-state index is 11.8. The van der Waals surface area contributed by atoms with Crippen LogP contribution in [0.15, 0.2) is 29.2 Å². The van der Waals surface area contributed by atoms with Crippen LogP contribution in [0.3, 0.4) is 0 Å². The van der Waals surface area contributed by atoms with E-state index in [9.17, 15) is 9.00 Å². The largest absolute Gasteiger partial charge is 0.478 e. The van der Waals surface area contributed by atoms with E-state index < -0.39 is 15.9 Å². The first-order valence-corrected chi connectivity index (χ1v) is 5.67. The van der Waals surface area contributed by atoms with E-state index >= 15 is 0 Å². The average molecular weight is 228 g/mol. The van der Waals surface area contributed by atoms with Crippen LogP contribution in [0.25, 0.3) is 0 Å². The van der Waals surface area contributed by atoms with Crippen LogP contribution < -0.4 is 0 Å². The fraction of sp³-hybridized carbons (Fsp3) is 0.222. The standard InChI is InChI=1S/C9H12N2O3S/c1-11(2)15(10,14)8-5-3-7(4-6-8)9(12)13/h3-6,10H,1-2H3,(H,12,13). The monoisotopic (exact) mass is 228 g/mol. The van der Waals surface area contributed by atoms with Crippen molar-refractivity contribution in [2.45, 2.75) is 4.90 Å². The van der Waals surface area contributed by atoms with Crippen molar-refractivity contribution in [3.63, 3.8) is 0 Å². The molecule has 1 unspecified atom stereocenters. The van der Waals surface area contributed by atoms with Gasteiger partial charge in [-0.25, -0.2) is 18.1 Å². The van der Waals surface area contributed by atoms with Gasteiger partial charge in [-0.15, -0.1) is 0 Å². The lowest BCUT2D eigenvalue weighted by Gasteiger charge is -2.14. The number of aromatic carboxylic acids is 1. The Morgan fingerprint density at radius 1 is 1.33 bits per heavy atom. The van der Waals surface area contributed by atoms with E-state index in [4.69, 9.17) is 9.89 Å². The molecule has 0 amide bonds. The number of carbonyl (C=O) groups is 1. The van der Waals surface area contributed by atoms with Gasteiger partial charge in [0.25, 0.3) is 0 Å². The molecule has 1 aromatic rings. The smallest absolute Gasteiger partial charge is 0.335 e. The molecule has 0 radical (unpaired) electrons. The minimum atomic E-state index is -2.98. The Kier molecular flexibility index (Phi) is 3.11. The SMILES string of the molecule is CN(C)S(=N)(=O)c1ccc(C(=O)O)cc1. The molecular weight excluding hydrogens is 216 g/mol. The quantitative estimate of drug-likeness (QED) is 0.817. The van der Waals surface area contributed by atoms with E-state index in [0.29, 0.717) is 4.90 Å². The lowest BCUT2D eigenvalue weighted by atomic mass is 10.2. The number of carboxylic acid groups (broad SMARTS) is 1. The highest BCUT2D eigenvalue weighted by atomic mass is 32.2. The van der Waals surface area contributed by atoms with Crippen molar-refractivity contribution in [1.82, 2.24) is 4.31 Å². The first-order chi connectivity index (χ1) is 6.85. The molecule has 0 aliphatic carbocycles. The predicted molar refractivity (Wildman–Crippen MR) is 56.2 cm³/mol. The minimum Gasteiger partial charge on any atom is -0.478 e. The predicted octanol–water partition coefficient (Wildman–Crippen LogP) is 1.27. The van der Waals surface area contributed by atoms with Crippen molar-refractivity contribution in [3.8, 4) is 0 Å². The van der Waals surface area contributed by atoms with Gasteiger partial charge in [0.2, 0.25) is 0 Å². The first kappa shape index (κ1) is 11.7. The molecule has 82 valence electrons. The Labute approximate surface area is 88.4 Å². The number of carboxylic acids is 1. The van der Waals surface area contributed by atoms with Crippen molar-refractivity contribution < 1.29 is 14.1 Å². The highest BCUT2D eigenvalue weighted by molar-refractivity contribution is 7.90.